The van der Waals surface area contributed by atoms with Crippen molar-refractivity contribution in [2.75, 3.05) is 25.6 Å². The fourth-order valence-corrected chi connectivity index (χ4v) is 1.30. The van der Waals surface area contributed by atoms with Crippen molar-refractivity contribution >= 4 is 17.5 Å². The number of halogens is 1. The van der Waals surface area contributed by atoms with Gasteiger partial charge in [0.15, 0.2) is 0 Å². The fraction of sp³-hybridized carbons (Fsp3) is 0.364. The first-order valence-corrected chi connectivity index (χ1v) is 5.62. The number of aromatic hydroxyl groups is 2. The molecule has 0 aromatic heterocycles. The summed E-state index contributed by atoms with van der Waals surface area (Å²) < 4.78 is 5.06. The molecule has 0 saturated carbocycles. The molecule has 0 unspecified atom stereocenters. The van der Waals surface area contributed by atoms with Gasteiger partial charge >= 0.3 is 0 Å². The van der Waals surface area contributed by atoms with Crippen LogP contribution in [0.2, 0.25) is 0 Å². The van der Waals surface area contributed by atoms with Crippen LogP contribution in [0.25, 0.3) is 0 Å². The molecule has 1 aromatic carbocycles. The molecule has 0 aliphatic rings. The molecule has 0 aliphatic heterocycles. The van der Waals surface area contributed by atoms with E-state index in [1.165, 1.54) is 18.2 Å². The average Bonchev–Trinajstić information content (AvgIpc) is 2.32. The zero-order chi connectivity index (χ0) is 12.7. The molecule has 94 valence electrons. The molecule has 6 heteroatoms. The number of phenols is 2. The number of hydrogen-bond acceptors (Lipinski definition) is 4. The van der Waals surface area contributed by atoms with E-state index in [4.69, 9.17) is 16.3 Å². The molecular weight excluding hydrogens is 246 g/mol. The van der Waals surface area contributed by atoms with Crippen molar-refractivity contribution in [1.29, 1.82) is 0 Å². The Balaban J connectivity index is 2.44. The number of alkyl halides is 1. The number of benzene rings is 1. The number of phenolic OH excluding ortho intramolecular Hbond substituents is 2. The molecule has 1 amide bonds. The Morgan fingerprint density at radius 2 is 2.12 bits per heavy atom. The number of carbonyl (C=O) groups excluding carboxylic acids is 1. The first-order chi connectivity index (χ1) is 8.15. The minimum atomic E-state index is -0.465. The highest BCUT2D eigenvalue weighted by Crippen LogP contribution is 2.21. The maximum atomic E-state index is 11.6. The number of nitrogens with one attached hydrogen (secondary N) is 1. The Hall–Kier alpha value is -1.46. The fourth-order valence-electron chi connectivity index (χ4n) is 1.19. The molecule has 3 N–H and O–H groups in total. The van der Waals surface area contributed by atoms with E-state index in [0.717, 1.165) is 0 Å². The summed E-state index contributed by atoms with van der Waals surface area (Å²) in [6.45, 7) is 1.08. The molecule has 0 bridgehead atoms. The molecule has 0 saturated heterocycles. The predicted octanol–water partition coefficient (Wildman–Crippen LogP) is 1.08. The minimum Gasteiger partial charge on any atom is -0.508 e. The van der Waals surface area contributed by atoms with Crippen molar-refractivity contribution in [2.24, 2.45) is 0 Å². The van der Waals surface area contributed by atoms with Crippen LogP contribution in [0.4, 0.5) is 0 Å². The number of carbonyl (C=O) groups is 1. The van der Waals surface area contributed by atoms with Gasteiger partial charge in [0.1, 0.15) is 11.5 Å². The maximum absolute atomic E-state index is 11.6. The summed E-state index contributed by atoms with van der Waals surface area (Å²) in [7, 11) is 0. The van der Waals surface area contributed by atoms with Crippen LogP contribution in [-0.4, -0.2) is 41.8 Å². The van der Waals surface area contributed by atoms with Crippen LogP contribution in [0.5, 0.6) is 11.5 Å². The molecule has 0 radical (unpaired) electrons. The Kier molecular flexibility index (Phi) is 5.59. The number of ether oxygens (including phenoxy) is 1. The molecule has 0 heterocycles. The lowest BCUT2D eigenvalue weighted by molar-refractivity contribution is 0.0920. The van der Waals surface area contributed by atoms with Gasteiger partial charge < -0.3 is 20.3 Å². The van der Waals surface area contributed by atoms with Gasteiger partial charge in [-0.1, -0.05) is 0 Å². The van der Waals surface area contributed by atoms with Crippen LogP contribution in [0.15, 0.2) is 18.2 Å². The summed E-state index contributed by atoms with van der Waals surface area (Å²) in [4.78, 5) is 11.6. The van der Waals surface area contributed by atoms with E-state index in [2.05, 4.69) is 5.32 Å². The Morgan fingerprint density at radius 3 is 2.82 bits per heavy atom. The lowest BCUT2D eigenvalue weighted by Crippen LogP contribution is -2.27. The van der Waals surface area contributed by atoms with Crippen molar-refractivity contribution < 1.29 is 19.7 Å². The molecule has 0 atom stereocenters. The van der Waals surface area contributed by atoms with Gasteiger partial charge in [-0.25, -0.2) is 0 Å². The molecule has 1 aromatic rings. The summed E-state index contributed by atoms with van der Waals surface area (Å²) >= 11 is 5.40. The summed E-state index contributed by atoms with van der Waals surface area (Å²) in [6.07, 6.45) is 0. The predicted molar refractivity (Wildman–Crippen MR) is 63.6 cm³/mol. The number of rotatable bonds is 6. The van der Waals surface area contributed by atoms with E-state index in [-0.39, 0.29) is 17.1 Å². The molecule has 0 fully saturated rings. The SMILES string of the molecule is O=C(NCCOCCCl)c1cc(O)ccc1O. The van der Waals surface area contributed by atoms with Gasteiger partial charge in [0.25, 0.3) is 5.91 Å². The largest absolute Gasteiger partial charge is 0.508 e. The van der Waals surface area contributed by atoms with E-state index in [1.54, 1.807) is 0 Å². The third kappa shape index (κ3) is 4.50. The van der Waals surface area contributed by atoms with Crippen molar-refractivity contribution in [3.05, 3.63) is 23.8 Å². The van der Waals surface area contributed by atoms with Gasteiger partial charge in [-0.05, 0) is 18.2 Å². The zero-order valence-electron chi connectivity index (χ0n) is 9.15. The standard InChI is InChI=1S/C11H14ClNO4/c12-3-5-17-6-4-13-11(16)9-7-8(14)1-2-10(9)15/h1-2,7,14-15H,3-6H2,(H,13,16). The second kappa shape index (κ2) is 6.98. The molecule has 5 nitrogen and oxygen atoms in total. The highest BCUT2D eigenvalue weighted by molar-refractivity contribution is 6.17. The molecule has 0 aliphatic carbocycles. The van der Waals surface area contributed by atoms with Crippen molar-refractivity contribution in [3.8, 4) is 11.5 Å². The van der Waals surface area contributed by atoms with E-state index < -0.39 is 5.91 Å². The Bertz CT molecular complexity index is 384. The van der Waals surface area contributed by atoms with Crippen molar-refractivity contribution in [2.45, 2.75) is 0 Å². The van der Waals surface area contributed by atoms with E-state index in [0.29, 0.717) is 25.6 Å². The summed E-state index contributed by atoms with van der Waals surface area (Å²) in [5, 5.41) is 21.2. The van der Waals surface area contributed by atoms with Crippen LogP contribution in [-0.2, 0) is 4.74 Å². The van der Waals surface area contributed by atoms with Crippen molar-refractivity contribution in [1.82, 2.24) is 5.32 Å². The van der Waals surface area contributed by atoms with Gasteiger partial charge in [-0.15, -0.1) is 11.6 Å². The second-order valence-corrected chi connectivity index (χ2v) is 3.64. The smallest absolute Gasteiger partial charge is 0.255 e. The van der Waals surface area contributed by atoms with Gasteiger partial charge in [-0.2, -0.15) is 0 Å². The average molecular weight is 260 g/mol. The van der Waals surface area contributed by atoms with Crippen molar-refractivity contribution in [3.63, 3.8) is 0 Å². The first kappa shape index (κ1) is 13.6. The van der Waals surface area contributed by atoms with Crippen LogP contribution >= 0.6 is 11.6 Å². The third-order valence-electron chi connectivity index (χ3n) is 1.98. The molecule has 17 heavy (non-hydrogen) atoms. The third-order valence-corrected chi connectivity index (χ3v) is 2.13. The lowest BCUT2D eigenvalue weighted by Gasteiger charge is -2.07. The Labute approximate surface area is 104 Å². The van der Waals surface area contributed by atoms with E-state index in [9.17, 15) is 15.0 Å². The van der Waals surface area contributed by atoms with Crippen LogP contribution in [0.1, 0.15) is 10.4 Å². The first-order valence-electron chi connectivity index (χ1n) is 5.09. The molecule has 1 rings (SSSR count). The summed E-state index contributed by atoms with van der Waals surface area (Å²) in [6, 6.07) is 3.76. The van der Waals surface area contributed by atoms with Crippen LogP contribution in [0, 0.1) is 0 Å². The highest BCUT2D eigenvalue weighted by Gasteiger charge is 2.11. The normalized spacial score (nSPS) is 10.2. The minimum absolute atomic E-state index is 0.0299. The van der Waals surface area contributed by atoms with Crippen LogP contribution in [0.3, 0.4) is 0 Å². The Morgan fingerprint density at radius 1 is 1.35 bits per heavy atom. The summed E-state index contributed by atoms with van der Waals surface area (Å²) in [5.74, 6) is -0.317. The van der Waals surface area contributed by atoms with E-state index in [1.807, 2.05) is 0 Å². The highest BCUT2D eigenvalue weighted by atomic mass is 35.5. The van der Waals surface area contributed by atoms with E-state index >= 15 is 0 Å². The van der Waals surface area contributed by atoms with Gasteiger partial charge in [0.2, 0.25) is 0 Å². The molecular formula is C11H14ClNO4. The second-order valence-electron chi connectivity index (χ2n) is 3.26. The maximum Gasteiger partial charge on any atom is 0.255 e. The summed E-state index contributed by atoms with van der Waals surface area (Å²) in [5.41, 5.74) is 0.0299. The topological polar surface area (TPSA) is 78.8 Å². The monoisotopic (exact) mass is 259 g/mol. The quantitative estimate of drug-likeness (QED) is 0.406. The van der Waals surface area contributed by atoms with Gasteiger partial charge in [0.05, 0.1) is 18.8 Å². The van der Waals surface area contributed by atoms with Crippen LogP contribution < -0.4 is 5.32 Å². The zero-order valence-corrected chi connectivity index (χ0v) is 9.91. The molecule has 0 spiro atoms. The lowest BCUT2D eigenvalue weighted by atomic mass is 10.2. The number of amides is 1. The van der Waals surface area contributed by atoms with Gasteiger partial charge in [-0.3, -0.25) is 4.79 Å². The van der Waals surface area contributed by atoms with Gasteiger partial charge in [0, 0.05) is 12.4 Å². The number of hydrogen-bond donors (Lipinski definition) is 3.